The minimum absolute atomic E-state index is 0.722. The fraction of sp³-hybridized carbons (Fsp3) is 0. The minimum Gasteiger partial charge on any atom is -0.226 e. The highest BCUT2D eigenvalue weighted by Crippen LogP contribution is 2.40. The molecule has 55 heavy (non-hydrogen) atoms. The lowest BCUT2D eigenvalue weighted by atomic mass is 9.95. The summed E-state index contributed by atoms with van der Waals surface area (Å²) >= 11 is 1.76. The molecule has 0 aliphatic heterocycles. The van der Waals surface area contributed by atoms with Gasteiger partial charge in [0.15, 0.2) is 5.82 Å². The predicted molar refractivity (Wildman–Crippen MR) is 233 cm³/mol. The lowest BCUT2D eigenvalue weighted by Crippen LogP contribution is -1.94. The van der Waals surface area contributed by atoms with Crippen molar-refractivity contribution in [1.82, 2.24) is 9.97 Å². The zero-order valence-electron chi connectivity index (χ0n) is 29.9. The molecule has 0 aliphatic rings. The molecule has 2 nitrogen and oxygen atoms in total. The molecule has 2 heterocycles. The maximum atomic E-state index is 5.32. The lowest BCUT2D eigenvalue weighted by Gasteiger charge is -2.11. The summed E-state index contributed by atoms with van der Waals surface area (Å²) in [5.41, 5.74) is 15.9. The Morgan fingerprint density at radius 3 is 1.22 bits per heavy atom. The van der Waals surface area contributed by atoms with Crippen LogP contribution in [0.25, 0.3) is 98.6 Å². The summed E-state index contributed by atoms with van der Waals surface area (Å²) in [4.78, 5) is 10.6. The average Bonchev–Trinajstić information content (AvgIpc) is 3.66. The summed E-state index contributed by atoms with van der Waals surface area (Å²) in [6, 6.07) is 73.4. The minimum atomic E-state index is 0.722. The van der Waals surface area contributed by atoms with E-state index in [-0.39, 0.29) is 0 Å². The highest BCUT2D eigenvalue weighted by atomic mass is 32.1. The molecule has 8 aromatic carbocycles. The van der Waals surface area contributed by atoms with Crippen LogP contribution in [-0.2, 0) is 0 Å². The van der Waals surface area contributed by atoms with E-state index in [0.717, 1.165) is 49.4 Å². The molecule has 10 rings (SSSR count). The van der Waals surface area contributed by atoms with E-state index in [9.17, 15) is 0 Å². The molecule has 0 fully saturated rings. The summed E-state index contributed by atoms with van der Waals surface area (Å²) in [6.07, 6.45) is 0. The Hall–Kier alpha value is -6.94. The van der Waals surface area contributed by atoms with Gasteiger partial charge < -0.3 is 0 Å². The quantitative estimate of drug-likeness (QED) is 0.164. The van der Waals surface area contributed by atoms with Crippen LogP contribution in [0.4, 0.5) is 0 Å². The maximum Gasteiger partial charge on any atom is 0.160 e. The zero-order valence-corrected chi connectivity index (χ0v) is 30.7. The smallest absolute Gasteiger partial charge is 0.160 e. The maximum absolute atomic E-state index is 5.32. The topological polar surface area (TPSA) is 25.8 Å². The second kappa shape index (κ2) is 14.1. The number of rotatable bonds is 7. The van der Waals surface area contributed by atoms with Crippen LogP contribution < -0.4 is 0 Å². The van der Waals surface area contributed by atoms with Gasteiger partial charge in [-0.25, -0.2) is 9.97 Å². The Morgan fingerprint density at radius 1 is 0.291 bits per heavy atom. The predicted octanol–water partition coefficient (Wildman–Crippen LogP) is 14.5. The molecule has 10 aromatic rings. The third-order valence-corrected chi connectivity index (χ3v) is 11.5. The van der Waals surface area contributed by atoms with Gasteiger partial charge in [0, 0.05) is 21.2 Å². The van der Waals surface area contributed by atoms with Crippen molar-refractivity contribution in [2.75, 3.05) is 0 Å². The van der Waals surface area contributed by atoms with Crippen molar-refractivity contribution >= 4 is 31.6 Å². The lowest BCUT2D eigenvalue weighted by molar-refractivity contribution is 1.24. The monoisotopic (exact) mass is 718 g/mol. The van der Waals surface area contributed by atoms with E-state index in [4.69, 9.17) is 9.97 Å². The van der Waals surface area contributed by atoms with E-state index in [2.05, 4.69) is 206 Å². The van der Waals surface area contributed by atoms with Gasteiger partial charge in [-0.05, 0) is 79.9 Å². The van der Waals surface area contributed by atoms with Crippen molar-refractivity contribution < 1.29 is 0 Å². The molecule has 0 N–H and O–H groups in total. The first kappa shape index (κ1) is 32.7. The number of nitrogens with zero attached hydrogens (tertiary/aromatic N) is 2. The molecule has 2 aromatic heterocycles. The first-order valence-corrected chi connectivity index (χ1v) is 19.4. The number of fused-ring (bicyclic) bond motifs is 3. The number of hydrogen-bond donors (Lipinski definition) is 0. The van der Waals surface area contributed by atoms with Crippen LogP contribution in [0, 0.1) is 0 Å². The van der Waals surface area contributed by atoms with Gasteiger partial charge in [-0.3, -0.25) is 0 Å². The third-order valence-electron chi connectivity index (χ3n) is 10.3. The van der Waals surface area contributed by atoms with Gasteiger partial charge in [-0.1, -0.05) is 182 Å². The van der Waals surface area contributed by atoms with Crippen molar-refractivity contribution in [2.24, 2.45) is 0 Å². The molecule has 0 radical (unpaired) electrons. The van der Waals surface area contributed by atoms with Crippen molar-refractivity contribution in [3.63, 3.8) is 0 Å². The fourth-order valence-electron chi connectivity index (χ4n) is 7.45. The van der Waals surface area contributed by atoms with Crippen LogP contribution in [0.1, 0.15) is 0 Å². The number of aromatic nitrogens is 2. The summed E-state index contributed by atoms with van der Waals surface area (Å²) < 4.78 is 2.31. The summed E-state index contributed by atoms with van der Waals surface area (Å²) in [5.74, 6) is 0.722. The molecule has 0 spiro atoms. The molecule has 0 saturated carbocycles. The summed E-state index contributed by atoms with van der Waals surface area (Å²) in [5, 5.41) is 1.16. The zero-order chi connectivity index (χ0) is 36.6. The van der Waals surface area contributed by atoms with E-state index >= 15 is 0 Å². The third kappa shape index (κ3) is 6.41. The van der Waals surface area contributed by atoms with Gasteiger partial charge in [-0.2, -0.15) is 0 Å². The van der Waals surface area contributed by atoms with Crippen molar-refractivity contribution in [3.8, 4) is 78.3 Å². The van der Waals surface area contributed by atoms with Crippen LogP contribution in [0.15, 0.2) is 206 Å². The van der Waals surface area contributed by atoms with Crippen LogP contribution >= 0.6 is 11.3 Å². The molecule has 0 aliphatic carbocycles. The fourth-order valence-corrected chi connectivity index (χ4v) is 8.60. The molecule has 258 valence electrons. The normalized spacial score (nSPS) is 11.3. The molecular formula is C52H34N2S. The van der Waals surface area contributed by atoms with Crippen LogP contribution in [0.2, 0.25) is 0 Å². The Morgan fingerprint density at radius 2 is 0.673 bits per heavy atom. The van der Waals surface area contributed by atoms with Crippen LogP contribution in [0.5, 0.6) is 0 Å². The molecule has 0 saturated heterocycles. The largest absolute Gasteiger partial charge is 0.226 e. The van der Waals surface area contributed by atoms with Gasteiger partial charge in [-0.15, -0.1) is 11.3 Å². The number of hydrogen-bond acceptors (Lipinski definition) is 3. The highest BCUT2D eigenvalue weighted by molar-refractivity contribution is 7.26. The first-order valence-electron chi connectivity index (χ1n) is 18.6. The summed E-state index contributed by atoms with van der Waals surface area (Å²) in [6.45, 7) is 0. The Balaban J connectivity index is 1.01. The van der Waals surface area contributed by atoms with Gasteiger partial charge in [0.1, 0.15) is 0 Å². The molecule has 0 atom stereocenters. The highest BCUT2D eigenvalue weighted by Gasteiger charge is 2.17. The van der Waals surface area contributed by atoms with Gasteiger partial charge in [0.2, 0.25) is 0 Å². The SMILES string of the molecule is c1ccc(-c2ccc(-c3ccc(-c4nc(-c5cccc(-c6cccc(-c7cccc(-c8ccccc8)c7)c6)c5)nc5c4sc4ccccc45)cc3)cc2)cc1. The Kier molecular flexibility index (Phi) is 8.40. The Labute approximate surface area is 324 Å². The summed E-state index contributed by atoms with van der Waals surface area (Å²) in [7, 11) is 0. The van der Waals surface area contributed by atoms with Crippen molar-refractivity contribution in [3.05, 3.63) is 206 Å². The molecule has 0 unspecified atom stereocenters. The second-order valence-corrected chi connectivity index (χ2v) is 14.9. The van der Waals surface area contributed by atoms with Crippen LogP contribution in [-0.4, -0.2) is 9.97 Å². The second-order valence-electron chi connectivity index (χ2n) is 13.8. The first-order chi connectivity index (χ1) is 27.2. The van der Waals surface area contributed by atoms with E-state index in [1.807, 2.05) is 0 Å². The number of thiophene rings is 1. The Bertz CT molecular complexity index is 2950. The molecule has 0 amide bonds. The van der Waals surface area contributed by atoms with E-state index < -0.39 is 0 Å². The van der Waals surface area contributed by atoms with Gasteiger partial charge in [0.05, 0.1) is 15.9 Å². The molecular weight excluding hydrogens is 685 g/mol. The van der Waals surface area contributed by atoms with E-state index in [1.165, 1.54) is 49.2 Å². The molecule has 3 heteroatoms. The van der Waals surface area contributed by atoms with Crippen molar-refractivity contribution in [1.29, 1.82) is 0 Å². The van der Waals surface area contributed by atoms with E-state index in [1.54, 1.807) is 11.3 Å². The van der Waals surface area contributed by atoms with Crippen LogP contribution in [0.3, 0.4) is 0 Å². The number of benzene rings is 8. The van der Waals surface area contributed by atoms with Gasteiger partial charge >= 0.3 is 0 Å². The average molecular weight is 719 g/mol. The standard InChI is InChI=1S/C52H34N2S/c1-3-12-35(13-4-1)37-24-26-38(27-25-37)39-28-30-40(31-29-39)49-51-50(47-22-7-8-23-48(47)55-51)54-52(53-49)46-21-11-20-45(34-46)44-19-10-18-43(33-44)42-17-9-16-41(32-42)36-14-5-2-6-15-36/h1-34H. The molecule has 0 bridgehead atoms. The van der Waals surface area contributed by atoms with Crippen molar-refractivity contribution in [2.45, 2.75) is 0 Å². The van der Waals surface area contributed by atoms with E-state index in [0.29, 0.717) is 0 Å². The van der Waals surface area contributed by atoms with Gasteiger partial charge in [0.25, 0.3) is 0 Å².